The van der Waals surface area contributed by atoms with Gasteiger partial charge in [0.25, 0.3) is 11.6 Å². The molecule has 0 spiro atoms. The zero-order valence-electron chi connectivity index (χ0n) is 16.6. The topological polar surface area (TPSA) is 132 Å². The van der Waals surface area contributed by atoms with Crippen LogP contribution in [0.15, 0.2) is 40.6 Å². The standard InChI is InChI=1S/C19H19ClN4O6/c1-10-5-7-13(14(9-10)24(27)28)22-23-16(11(2)25)19(26)21-17-15(29-3)8-6-12(20)18(17)30-4/h5-9,16H,1-4H3,(H,21,26). The lowest BCUT2D eigenvalue weighted by Gasteiger charge is -2.16. The smallest absolute Gasteiger partial charge is 0.296 e. The number of ether oxygens (including phenoxy) is 2. The van der Waals surface area contributed by atoms with Gasteiger partial charge < -0.3 is 14.8 Å². The van der Waals surface area contributed by atoms with E-state index in [1.807, 2.05) is 0 Å². The van der Waals surface area contributed by atoms with Crippen molar-refractivity contribution >= 4 is 40.4 Å². The molecule has 0 aromatic heterocycles. The number of hydrogen-bond acceptors (Lipinski definition) is 8. The van der Waals surface area contributed by atoms with Crippen LogP contribution in [-0.4, -0.2) is 36.9 Å². The molecule has 0 saturated heterocycles. The quantitative estimate of drug-likeness (QED) is 0.285. The van der Waals surface area contributed by atoms with Crippen LogP contribution in [0.1, 0.15) is 12.5 Å². The summed E-state index contributed by atoms with van der Waals surface area (Å²) in [4.78, 5) is 35.3. The van der Waals surface area contributed by atoms with E-state index in [1.165, 1.54) is 38.5 Å². The number of Topliss-reactive ketones (excluding diaryl/α,β-unsaturated/α-hetero) is 1. The van der Waals surface area contributed by atoms with Crippen LogP contribution >= 0.6 is 11.6 Å². The van der Waals surface area contributed by atoms with E-state index in [9.17, 15) is 19.7 Å². The highest BCUT2D eigenvalue weighted by atomic mass is 35.5. The molecule has 2 aromatic rings. The minimum Gasteiger partial charge on any atom is -0.494 e. The molecule has 10 nitrogen and oxygen atoms in total. The second kappa shape index (κ2) is 9.79. The SMILES string of the molecule is COc1ccc(Cl)c(OC)c1NC(=O)C(N=Nc1ccc(C)cc1[N+](=O)[O-])C(C)=O. The average molecular weight is 435 g/mol. The molecule has 0 bridgehead atoms. The summed E-state index contributed by atoms with van der Waals surface area (Å²) < 4.78 is 10.4. The molecule has 1 unspecified atom stereocenters. The molecule has 11 heteroatoms. The van der Waals surface area contributed by atoms with Gasteiger partial charge in [0.15, 0.2) is 17.2 Å². The van der Waals surface area contributed by atoms with E-state index in [-0.39, 0.29) is 33.6 Å². The number of nitrogens with one attached hydrogen (secondary N) is 1. The van der Waals surface area contributed by atoms with E-state index in [2.05, 4.69) is 15.5 Å². The van der Waals surface area contributed by atoms with Crippen molar-refractivity contribution in [2.24, 2.45) is 10.2 Å². The van der Waals surface area contributed by atoms with E-state index in [0.717, 1.165) is 6.92 Å². The summed E-state index contributed by atoms with van der Waals surface area (Å²) in [6.45, 7) is 2.84. The van der Waals surface area contributed by atoms with Crippen molar-refractivity contribution in [1.29, 1.82) is 0 Å². The maximum atomic E-state index is 12.7. The third kappa shape index (κ3) is 5.09. The average Bonchev–Trinajstić information content (AvgIpc) is 2.69. The monoisotopic (exact) mass is 434 g/mol. The molecular weight excluding hydrogens is 416 g/mol. The molecule has 2 rings (SSSR count). The van der Waals surface area contributed by atoms with Crippen molar-refractivity contribution in [2.45, 2.75) is 19.9 Å². The van der Waals surface area contributed by atoms with Gasteiger partial charge in [-0.25, -0.2) is 0 Å². The molecule has 0 heterocycles. The van der Waals surface area contributed by atoms with Crippen LogP contribution in [0.5, 0.6) is 11.5 Å². The summed E-state index contributed by atoms with van der Waals surface area (Å²) in [5.41, 5.74) is 0.393. The van der Waals surface area contributed by atoms with E-state index in [4.69, 9.17) is 21.1 Å². The maximum Gasteiger partial charge on any atom is 0.296 e. The molecular formula is C19H19ClN4O6. The Balaban J connectivity index is 2.38. The number of benzene rings is 2. The van der Waals surface area contributed by atoms with Crippen molar-refractivity contribution < 1.29 is 24.0 Å². The van der Waals surface area contributed by atoms with Crippen molar-refractivity contribution in [3.63, 3.8) is 0 Å². The van der Waals surface area contributed by atoms with Crippen molar-refractivity contribution in [3.8, 4) is 11.5 Å². The summed E-state index contributed by atoms with van der Waals surface area (Å²) >= 11 is 6.08. The molecule has 0 aliphatic carbocycles. The number of nitrogens with zero attached hydrogens (tertiary/aromatic N) is 3. The summed E-state index contributed by atoms with van der Waals surface area (Å²) in [5.74, 6) is -1.07. The molecule has 0 radical (unpaired) electrons. The Labute approximate surface area is 177 Å². The van der Waals surface area contributed by atoms with Crippen LogP contribution in [-0.2, 0) is 9.59 Å². The van der Waals surface area contributed by atoms with Gasteiger partial charge in [-0.05, 0) is 37.6 Å². The van der Waals surface area contributed by atoms with Gasteiger partial charge in [-0.2, -0.15) is 5.11 Å². The Kier molecular flexibility index (Phi) is 7.43. The second-order valence-electron chi connectivity index (χ2n) is 6.13. The number of ketones is 1. The fraction of sp³-hybridized carbons (Fsp3) is 0.263. The fourth-order valence-electron chi connectivity index (χ4n) is 2.52. The minimum atomic E-state index is -1.56. The highest BCUT2D eigenvalue weighted by Crippen LogP contribution is 2.40. The van der Waals surface area contributed by atoms with Crippen LogP contribution in [0, 0.1) is 17.0 Å². The van der Waals surface area contributed by atoms with Crippen LogP contribution in [0.3, 0.4) is 0 Å². The number of halogens is 1. The predicted molar refractivity (Wildman–Crippen MR) is 110 cm³/mol. The number of amides is 1. The van der Waals surface area contributed by atoms with Crippen LogP contribution in [0.4, 0.5) is 17.1 Å². The first-order chi connectivity index (χ1) is 14.2. The molecule has 0 fully saturated rings. The van der Waals surface area contributed by atoms with Crippen LogP contribution < -0.4 is 14.8 Å². The van der Waals surface area contributed by atoms with Crippen molar-refractivity contribution in [1.82, 2.24) is 0 Å². The van der Waals surface area contributed by atoms with Gasteiger partial charge in [-0.15, -0.1) is 5.11 Å². The van der Waals surface area contributed by atoms with E-state index < -0.39 is 22.7 Å². The largest absolute Gasteiger partial charge is 0.494 e. The summed E-state index contributed by atoms with van der Waals surface area (Å²) in [7, 11) is 2.74. The van der Waals surface area contributed by atoms with Gasteiger partial charge in [0.1, 0.15) is 11.4 Å². The lowest BCUT2D eigenvalue weighted by Crippen LogP contribution is -2.32. The van der Waals surface area contributed by atoms with Crippen molar-refractivity contribution in [3.05, 3.63) is 51.0 Å². The van der Waals surface area contributed by atoms with Crippen LogP contribution in [0.2, 0.25) is 5.02 Å². The second-order valence-corrected chi connectivity index (χ2v) is 6.53. The Hall–Kier alpha value is -3.53. The molecule has 0 aliphatic heterocycles. The zero-order valence-corrected chi connectivity index (χ0v) is 17.4. The molecule has 1 N–H and O–H groups in total. The number of carbonyl (C=O) groups excluding carboxylic acids is 2. The Morgan fingerprint density at radius 3 is 2.47 bits per heavy atom. The number of carbonyl (C=O) groups is 2. The summed E-state index contributed by atoms with van der Waals surface area (Å²) in [6.07, 6.45) is 0. The summed E-state index contributed by atoms with van der Waals surface area (Å²) in [5, 5.41) is 21.4. The highest BCUT2D eigenvalue weighted by Gasteiger charge is 2.27. The molecule has 0 aliphatic rings. The predicted octanol–water partition coefficient (Wildman–Crippen LogP) is 4.25. The van der Waals surface area contributed by atoms with Gasteiger partial charge in [0.05, 0.1) is 24.2 Å². The highest BCUT2D eigenvalue weighted by molar-refractivity contribution is 6.33. The number of nitro groups is 1. The van der Waals surface area contributed by atoms with Gasteiger partial charge in [-0.1, -0.05) is 17.7 Å². The number of azo groups is 1. The molecule has 2 aromatic carbocycles. The van der Waals surface area contributed by atoms with Crippen molar-refractivity contribution in [2.75, 3.05) is 19.5 Å². The van der Waals surface area contributed by atoms with Crippen LogP contribution in [0.25, 0.3) is 0 Å². The molecule has 1 amide bonds. The van der Waals surface area contributed by atoms with E-state index >= 15 is 0 Å². The molecule has 1 atom stereocenters. The number of nitro benzene ring substituents is 1. The number of rotatable bonds is 8. The first kappa shape index (κ1) is 22.8. The minimum absolute atomic E-state index is 0.0810. The number of aryl methyl sites for hydroxylation is 1. The summed E-state index contributed by atoms with van der Waals surface area (Å²) in [6, 6.07) is 5.78. The number of methoxy groups -OCH3 is 2. The van der Waals surface area contributed by atoms with Gasteiger partial charge in [0.2, 0.25) is 6.04 Å². The van der Waals surface area contributed by atoms with Gasteiger partial charge in [-0.3, -0.25) is 19.7 Å². The van der Waals surface area contributed by atoms with E-state index in [1.54, 1.807) is 13.0 Å². The first-order valence-corrected chi connectivity index (χ1v) is 8.95. The lowest BCUT2D eigenvalue weighted by molar-refractivity contribution is -0.384. The third-order valence-corrected chi connectivity index (χ3v) is 4.28. The Morgan fingerprint density at radius 2 is 1.90 bits per heavy atom. The van der Waals surface area contributed by atoms with Gasteiger partial charge >= 0.3 is 0 Å². The van der Waals surface area contributed by atoms with Gasteiger partial charge in [0, 0.05) is 6.07 Å². The fourth-order valence-corrected chi connectivity index (χ4v) is 2.76. The van der Waals surface area contributed by atoms with E-state index in [0.29, 0.717) is 5.56 Å². The lowest BCUT2D eigenvalue weighted by atomic mass is 10.2. The molecule has 0 saturated carbocycles. The number of hydrogen-bond donors (Lipinski definition) is 1. The zero-order chi connectivity index (χ0) is 22.4. The Morgan fingerprint density at radius 1 is 1.20 bits per heavy atom. The first-order valence-electron chi connectivity index (χ1n) is 8.57. The molecule has 158 valence electrons. The molecule has 30 heavy (non-hydrogen) atoms. The normalized spacial score (nSPS) is 11.8. The third-order valence-electron chi connectivity index (χ3n) is 3.99. The maximum absolute atomic E-state index is 12.7. The Bertz CT molecular complexity index is 1020. The number of anilines is 1.